The van der Waals surface area contributed by atoms with Crippen molar-refractivity contribution in [2.45, 2.75) is 173 Å². The van der Waals surface area contributed by atoms with Crippen molar-refractivity contribution in [2.75, 3.05) is 79.5 Å². The Labute approximate surface area is 366 Å². The molecule has 2 saturated carbocycles. The van der Waals surface area contributed by atoms with Crippen LogP contribution >= 0.6 is 0 Å². The molecular weight excluding hydrogens is 777 g/mol. The van der Waals surface area contributed by atoms with Gasteiger partial charge in [0.15, 0.2) is 0 Å². The Morgan fingerprint density at radius 2 is 0.951 bits per heavy atom. The number of hydrogen-bond acceptors (Lipinski definition) is 9. The number of ketones is 1. The third kappa shape index (κ3) is 12.4. The Kier molecular flexibility index (Phi) is 17.3. The first-order valence-electron chi connectivity index (χ1n) is 24.2. The average molecular weight is 857 g/mol. The topological polar surface area (TPSA) is 139 Å². The normalized spacial score (nSPS) is 28.8. The van der Waals surface area contributed by atoms with Crippen LogP contribution in [0, 0.1) is 11.8 Å². The highest BCUT2D eigenvalue weighted by atomic mass is 16.6. The number of amides is 6. The summed E-state index contributed by atoms with van der Waals surface area (Å²) in [7, 11) is 3.95. The highest BCUT2D eigenvalue weighted by Gasteiger charge is 2.45. The molecule has 0 bridgehead atoms. The molecule has 0 spiro atoms. The predicted molar refractivity (Wildman–Crippen MR) is 235 cm³/mol. The van der Waals surface area contributed by atoms with Crippen molar-refractivity contribution in [3.63, 3.8) is 0 Å². The van der Waals surface area contributed by atoms with Gasteiger partial charge in [-0.25, -0.2) is 19.2 Å². The molecule has 0 aromatic rings. The second-order valence-corrected chi connectivity index (χ2v) is 19.7. The molecule has 0 aromatic heterocycles. The van der Waals surface area contributed by atoms with Crippen molar-refractivity contribution in [1.29, 1.82) is 0 Å². The van der Waals surface area contributed by atoms with Gasteiger partial charge in [0.05, 0.1) is 12.2 Å². The van der Waals surface area contributed by atoms with E-state index in [1.807, 2.05) is 56.5 Å². The fourth-order valence-corrected chi connectivity index (χ4v) is 11.4. The van der Waals surface area contributed by atoms with E-state index in [9.17, 15) is 24.0 Å². The third-order valence-corrected chi connectivity index (χ3v) is 14.7. The van der Waals surface area contributed by atoms with Crippen molar-refractivity contribution >= 4 is 30.0 Å². The summed E-state index contributed by atoms with van der Waals surface area (Å²) in [5.74, 6) is 1.61. The lowest BCUT2D eigenvalue weighted by atomic mass is 9.80. The quantitative estimate of drug-likeness (QED) is 0.340. The van der Waals surface area contributed by atoms with Crippen LogP contribution in [0.2, 0.25) is 0 Å². The number of ether oxygens (including phenoxy) is 2. The van der Waals surface area contributed by atoms with E-state index in [1.165, 1.54) is 51.4 Å². The van der Waals surface area contributed by atoms with Gasteiger partial charge < -0.3 is 49.1 Å². The van der Waals surface area contributed by atoms with Gasteiger partial charge in [0.1, 0.15) is 5.78 Å². The summed E-state index contributed by atoms with van der Waals surface area (Å²) < 4.78 is 10.3. The van der Waals surface area contributed by atoms with Crippen LogP contribution in [0.4, 0.5) is 19.2 Å². The van der Waals surface area contributed by atoms with Crippen molar-refractivity contribution in [1.82, 2.24) is 39.6 Å². The Morgan fingerprint density at radius 3 is 1.41 bits per heavy atom. The van der Waals surface area contributed by atoms with Gasteiger partial charge in [-0.1, -0.05) is 25.7 Å². The molecule has 15 nitrogen and oxygen atoms in total. The minimum Gasteiger partial charge on any atom is -0.447 e. The Balaban J connectivity index is 0.000000170. The van der Waals surface area contributed by atoms with E-state index in [0.29, 0.717) is 62.1 Å². The van der Waals surface area contributed by atoms with Gasteiger partial charge in [-0.3, -0.25) is 4.79 Å². The van der Waals surface area contributed by atoms with Crippen molar-refractivity contribution < 1.29 is 33.4 Å². The summed E-state index contributed by atoms with van der Waals surface area (Å²) in [5.41, 5.74) is 0. The van der Waals surface area contributed by atoms with Gasteiger partial charge in [0.25, 0.3) is 0 Å². The van der Waals surface area contributed by atoms with Gasteiger partial charge in [-0.2, -0.15) is 0 Å². The number of nitrogens with one attached hydrogen (secondary N) is 1. The highest BCUT2D eigenvalue weighted by Crippen LogP contribution is 2.38. The summed E-state index contributed by atoms with van der Waals surface area (Å²) in [5, 5.41) is 3.40. The SMILES string of the molecule is CC(C)OC(=O)N1CCC(=O)CC1.CC(C)OC(=O)N1CCC(N2CCC(N3C(=O)N(C)C[C@H]4CCCC[C@@H]43)CC2)CC1.CN1C[C@H]2CCCC[C@@H]2N(C2CCNCC2)C1=O. The molecule has 6 heterocycles. The van der Waals surface area contributed by atoms with Crippen molar-refractivity contribution in [3.05, 3.63) is 0 Å². The first-order chi connectivity index (χ1) is 29.3. The molecule has 8 rings (SSSR count). The second kappa shape index (κ2) is 22.3. The largest absolute Gasteiger partial charge is 0.447 e. The Hall–Kier alpha value is -3.33. The zero-order valence-electron chi connectivity index (χ0n) is 38.6. The smallest absolute Gasteiger partial charge is 0.410 e. The number of likely N-dealkylation sites (tertiary alicyclic amines) is 3. The molecule has 346 valence electrons. The number of carbonyl (C=O) groups excluding carboxylic acids is 5. The van der Waals surface area contributed by atoms with Gasteiger partial charge in [-0.15, -0.1) is 0 Å². The van der Waals surface area contributed by atoms with E-state index in [4.69, 9.17) is 9.47 Å². The van der Waals surface area contributed by atoms with E-state index in [1.54, 1.807) is 4.90 Å². The first kappa shape index (κ1) is 47.2. The van der Waals surface area contributed by atoms with Gasteiger partial charge >= 0.3 is 24.2 Å². The number of hydrogen-bond donors (Lipinski definition) is 1. The van der Waals surface area contributed by atoms with Crippen molar-refractivity contribution in [3.8, 4) is 0 Å². The van der Waals surface area contributed by atoms with Crippen LogP contribution in [-0.2, 0) is 14.3 Å². The first-order valence-corrected chi connectivity index (χ1v) is 24.2. The molecule has 0 aromatic carbocycles. The number of urea groups is 2. The molecule has 0 radical (unpaired) electrons. The molecular formula is C46H80N8O7. The van der Waals surface area contributed by atoms with Gasteiger partial charge in [0, 0.05) is 110 Å². The summed E-state index contributed by atoms with van der Waals surface area (Å²) in [6, 6.07) is 2.96. The molecule has 4 atom stereocenters. The molecule has 1 N–H and O–H groups in total. The standard InChI is InChI=1S/C23H40N4O3.C14H25N3O.C9H15NO3/c1-17(2)30-23(29)26-14-8-19(9-15-26)25-12-10-20(11-13-25)27-21-7-5-4-6-18(21)16-24(3)22(27)28;1-16-10-11-4-2-3-5-13(11)17(14(16)18)12-6-8-15-9-7-12;1-7(2)13-9(12)10-5-3-8(11)4-6-10/h17-21H,4-16H2,1-3H3;11-13,15H,2-10H2,1H3;7H,3-6H2,1-2H3/t18-,21+;11-,13+;/m11./s1. The molecule has 6 aliphatic heterocycles. The number of Topliss-reactive ketones (excluding diaryl/α,β-unsaturated/α-hetero) is 1. The molecule has 8 aliphatic rings. The summed E-state index contributed by atoms with van der Waals surface area (Å²) in [6.07, 6.45) is 17.0. The number of piperidine rings is 4. The van der Waals surface area contributed by atoms with E-state index < -0.39 is 0 Å². The fourth-order valence-electron chi connectivity index (χ4n) is 11.4. The van der Waals surface area contributed by atoms with Crippen LogP contribution in [0.3, 0.4) is 0 Å². The summed E-state index contributed by atoms with van der Waals surface area (Å²) >= 11 is 0. The van der Waals surface area contributed by atoms with Crippen LogP contribution < -0.4 is 5.32 Å². The number of nitrogens with zero attached hydrogens (tertiary/aromatic N) is 7. The average Bonchev–Trinajstić information content (AvgIpc) is 3.25. The minimum absolute atomic E-state index is 0.0606. The molecule has 15 heteroatoms. The zero-order chi connectivity index (χ0) is 43.6. The van der Waals surface area contributed by atoms with E-state index in [2.05, 4.69) is 20.0 Å². The maximum Gasteiger partial charge on any atom is 0.410 e. The molecule has 6 saturated heterocycles. The van der Waals surface area contributed by atoms with Gasteiger partial charge in [-0.05, 0) is 117 Å². The van der Waals surface area contributed by atoms with Gasteiger partial charge in [0.2, 0.25) is 0 Å². The third-order valence-electron chi connectivity index (χ3n) is 14.7. The Morgan fingerprint density at radius 1 is 0.541 bits per heavy atom. The Bertz CT molecular complexity index is 1450. The van der Waals surface area contributed by atoms with Crippen LogP contribution in [0.15, 0.2) is 0 Å². The molecule has 8 fully saturated rings. The lowest BCUT2D eigenvalue weighted by molar-refractivity contribution is -0.121. The molecule has 6 amide bonds. The lowest BCUT2D eigenvalue weighted by Crippen LogP contribution is -2.63. The number of rotatable bonds is 5. The van der Waals surface area contributed by atoms with E-state index in [0.717, 1.165) is 96.8 Å². The number of carbonyl (C=O) groups is 5. The summed E-state index contributed by atoms with van der Waals surface area (Å²) in [6.45, 7) is 16.2. The molecule has 61 heavy (non-hydrogen) atoms. The van der Waals surface area contributed by atoms with E-state index in [-0.39, 0.29) is 42.2 Å². The molecule has 0 unspecified atom stereocenters. The maximum absolute atomic E-state index is 13.0. The van der Waals surface area contributed by atoms with E-state index >= 15 is 0 Å². The zero-order valence-corrected chi connectivity index (χ0v) is 38.6. The maximum atomic E-state index is 13.0. The van der Waals surface area contributed by atoms with Crippen molar-refractivity contribution in [2.24, 2.45) is 11.8 Å². The molecule has 2 aliphatic carbocycles. The second-order valence-electron chi connectivity index (χ2n) is 19.7. The number of fused-ring (bicyclic) bond motifs is 2. The monoisotopic (exact) mass is 857 g/mol. The minimum atomic E-state index is -0.303. The predicted octanol–water partition coefficient (Wildman–Crippen LogP) is 6.25. The lowest BCUT2D eigenvalue weighted by Gasteiger charge is -2.52. The summed E-state index contributed by atoms with van der Waals surface area (Å²) in [4.78, 5) is 74.4. The van der Waals surface area contributed by atoms with Crippen LogP contribution in [0.5, 0.6) is 0 Å². The van der Waals surface area contributed by atoms with Crippen LogP contribution in [-0.4, -0.2) is 186 Å². The highest BCUT2D eigenvalue weighted by molar-refractivity contribution is 5.81. The van der Waals surface area contributed by atoms with Crippen LogP contribution in [0.25, 0.3) is 0 Å². The van der Waals surface area contributed by atoms with Crippen LogP contribution in [0.1, 0.15) is 130 Å². The fraction of sp³-hybridized carbons (Fsp3) is 0.891.